The molecule has 3 aromatic rings. The molecule has 0 spiro atoms. The Morgan fingerprint density at radius 2 is 1.84 bits per heavy atom. The van der Waals surface area contributed by atoms with Crippen molar-refractivity contribution in [1.29, 1.82) is 0 Å². The van der Waals surface area contributed by atoms with E-state index >= 15 is 0 Å². The summed E-state index contributed by atoms with van der Waals surface area (Å²) >= 11 is 0. The standard InChI is InChI=1S/C29H33N5O4/c1-18(2)26(34-16-21-6-4-5-7-23(21)28(34)37)29(38)33-17-22(35)14-25(33)27(36)30-15-19-8-10-20(11-9-19)24-12-13-31-32(24)3/h4-13,18,22,25-26,35H,14-17H2,1-3H3,(H,30,36)/t22-,25+,26+/m1/s1. The Balaban J connectivity index is 1.27. The first kappa shape index (κ1) is 25.7. The predicted octanol–water partition coefficient (Wildman–Crippen LogP) is 2.35. The van der Waals surface area contributed by atoms with E-state index in [9.17, 15) is 19.5 Å². The molecule has 2 N–H and O–H groups in total. The average molecular weight is 516 g/mol. The van der Waals surface area contributed by atoms with E-state index in [-0.39, 0.29) is 36.6 Å². The number of aliphatic hydroxyl groups excluding tert-OH is 1. The average Bonchev–Trinajstić information content (AvgIpc) is 3.60. The van der Waals surface area contributed by atoms with Crippen molar-refractivity contribution in [3.63, 3.8) is 0 Å². The number of amides is 3. The molecule has 2 aliphatic heterocycles. The zero-order chi connectivity index (χ0) is 27.0. The lowest BCUT2D eigenvalue weighted by molar-refractivity contribution is -0.143. The summed E-state index contributed by atoms with van der Waals surface area (Å²) < 4.78 is 1.80. The van der Waals surface area contributed by atoms with Gasteiger partial charge in [0.25, 0.3) is 5.91 Å². The van der Waals surface area contributed by atoms with E-state index in [1.165, 1.54) is 4.90 Å². The van der Waals surface area contributed by atoms with Crippen molar-refractivity contribution in [3.8, 4) is 11.3 Å². The number of likely N-dealkylation sites (tertiary alicyclic amines) is 1. The number of nitrogens with one attached hydrogen (secondary N) is 1. The number of hydrogen-bond acceptors (Lipinski definition) is 5. The van der Waals surface area contributed by atoms with Crippen LogP contribution in [-0.2, 0) is 29.7 Å². The second kappa shape index (κ2) is 10.4. The lowest BCUT2D eigenvalue weighted by Crippen LogP contribution is -2.55. The van der Waals surface area contributed by atoms with Crippen molar-refractivity contribution in [1.82, 2.24) is 24.9 Å². The Labute approximate surface area is 222 Å². The first-order chi connectivity index (χ1) is 18.2. The van der Waals surface area contributed by atoms with E-state index in [1.807, 2.05) is 69.4 Å². The van der Waals surface area contributed by atoms with Gasteiger partial charge in [0.2, 0.25) is 11.8 Å². The van der Waals surface area contributed by atoms with E-state index in [4.69, 9.17) is 0 Å². The fourth-order valence-corrected chi connectivity index (χ4v) is 5.51. The highest BCUT2D eigenvalue weighted by Crippen LogP contribution is 2.30. The third-order valence-electron chi connectivity index (χ3n) is 7.47. The molecular formula is C29H33N5O4. The van der Waals surface area contributed by atoms with Crippen molar-refractivity contribution >= 4 is 17.7 Å². The number of carbonyl (C=O) groups is 3. The van der Waals surface area contributed by atoms with Crippen LogP contribution >= 0.6 is 0 Å². The third-order valence-corrected chi connectivity index (χ3v) is 7.47. The summed E-state index contributed by atoms with van der Waals surface area (Å²) in [7, 11) is 1.88. The van der Waals surface area contributed by atoms with Crippen molar-refractivity contribution in [2.75, 3.05) is 6.54 Å². The van der Waals surface area contributed by atoms with Crippen LogP contribution in [0.3, 0.4) is 0 Å². The van der Waals surface area contributed by atoms with E-state index < -0.39 is 18.2 Å². The number of aryl methyl sites for hydroxylation is 1. The SMILES string of the molecule is CC(C)[C@@H](C(=O)N1C[C@H](O)C[C@H]1C(=O)NCc1ccc(-c2ccnn2C)cc1)N1Cc2ccccc2C1=O. The Morgan fingerprint density at radius 1 is 1.11 bits per heavy atom. The van der Waals surface area contributed by atoms with Gasteiger partial charge in [-0.25, -0.2) is 0 Å². The molecule has 0 aliphatic carbocycles. The minimum atomic E-state index is -0.799. The van der Waals surface area contributed by atoms with Gasteiger partial charge in [0.1, 0.15) is 12.1 Å². The highest BCUT2D eigenvalue weighted by atomic mass is 16.3. The molecule has 0 bridgehead atoms. The molecule has 9 heteroatoms. The second-order valence-electron chi connectivity index (χ2n) is 10.4. The fourth-order valence-electron chi connectivity index (χ4n) is 5.51. The van der Waals surface area contributed by atoms with Crippen LogP contribution in [0.2, 0.25) is 0 Å². The molecule has 198 valence electrons. The number of nitrogens with zero attached hydrogens (tertiary/aromatic N) is 4. The van der Waals surface area contributed by atoms with Crippen LogP contribution < -0.4 is 5.32 Å². The summed E-state index contributed by atoms with van der Waals surface area (Å²) in [6.07, 6.45) is 1.11. The van der Waals surface area contributed by atoms with Crippen LogP contribution in [-0.4, -0.2) is 67.1 Å². The van der Waals surface area contributed by atoms with Crippen molar-refractivity contribution in [2.45, 2.75) is 51.5 Å². The number of aromatic nitrogens is 2. The molecule has 5 rings (SSSR count). The molecule has 3 atom stereocenters. The van der Waals surface area contributed by atoms with Gasteiger partial charge in [-0.1, -0.05) is 56.3 Å². The summed E-state index contributed by atoms with van der Waals surface area (Å²) in [6, 6.07) is 15.6. The maximum absolute atomic E-state index is 13.8. The summed E-state index contributed by atoms with van der Waals surface area (Å²) in [5, 5.41) is 17.5. The van der Waals surface area contributed by atoms with Gasteiger partial charge in [0, 0.05) is 44.9 Å². The van der Waals surface area contributed by atoms with Gasteiger partial charge in [-0.15, -0.1) is 0 Å². The molecule has 2 aliphatic rings. The largest absolute Gasteiger partial charge is 0.391 e. The van der Waals surface area contributed by atoms with Gasteiger partial charge < -0.3 is 20.2 Å². The Morgan fingerprint density at radius 3 is 2.50 bits per heavy atom. The zero-order valence-electron chi connectivity index (χ0n) is 21.9. The van der Waals surface area contributed by atoms with Crippen LogP contribution in [0.1, 0.15) is 41.8 Å². The first-order valence-corrected chi connectivity index (χ1v) is 13.0. The van der Waals surface area contributed by atoms with Crippen molar-refractivity contribution < 1.29 is 19.5 Å². The maximum atomic E-state index is 13.8. The molecule has 3 amide bonds. The number of benzene rings is 2. The number of β-amino-alcohol motifs (C(OH)–C–C–N with tert-alkyl or cyclic N) is 1. The summed E-state index contributed by atoms with van der Waals surface area (Å²) in [5.74, 6) is -0.967. The molecule has 9 nitrogen and oxygen atoms in total. The summed E-state index contributed by atoms with van der Waals surface area (Å²) in [5.41, 5.74) is 4.43. The first-order valence-electron chi connectivity index (χ1n) is 13.0. The van der Waals surface area contributed by atoms with Gasteiger partial charge in [-0.05, 0) is 34.7 Å². The molecule has 0 unspecified atom stereocenters. The monoisotopic (exact) mass is 515 g/mol. The molecule has 0 radical (unpaired) electrons. The summed E-state index contributed by atoms with van der Waals surface area (Å²) in [4.78, 5) is 43.2. The van der Waals surface area contributed by atoms with Crippen LogP contribution in [0.15, 0.2) is 60.8 Å². The molecule has 0 saturated carbocycles. The van der Waals surface area contributed by atoms with Crippen LogP contribution in [0.25, 0.3) is 11.3 Å². The van der Waals surface area contributed by atoms with E-state index in [0.29, 0.717) is 18.7 Å². The minimum absolute atomic E-state index is 0.0640. The van der Waals surface area contributed by atoms with E-state index in [0.717, 1.165) is 22.4 Å². The number of fused-ring (bicyclic) bond motifs is 1. The van der Waals surface area contributed by atoms with Crippen LogP contribution in [0.4, 0.5) is 0 Å². The Hall–Kier alpha value is -3.98. The molecule has 38 heavy (non-hydrogen) atoms. The Kier molecular flexibility index (Phi) is 7.03. The van der Waals surface area contributed by atoms with E-state index in [1.54, 1.807) is 21.8 Å². The number of carbonyl (C=O) groups excluding carboxylic acids is 3. The Bertz CT molecular complexity index is 1350. The van der Waals surface area contributed by atoms with Gasteiger partial charge in [-0.3, -0.25) is 19.1 Å². The lowest BCUT2D eigenvalue weighted by atomic mass is 10.0. The fraction of sp³-hybridized carbons (Fsp3) is 0.379. The topological polar surface area (TPSA) is 108 Å². The number of hydrogen-bond donors (Lipinski definition) is 2. The number of rotatable bonds is 7. The zero-order valence-corrected chi connectivity index (χ0v) is 21.9. The van der Waals surface area contributed by atoms with Crippen LogP contribution in [0, 0.1) is 5.92 Å². The highest BCUT2D eigenvalue weighted by Gasteiger charge is 2.45. The molecule has 3 heterocycles. The number of aliphatic hydroxyl groups is 1. The molecular weight excluding hydrogens is 482 g/mol. The van der Waals surface area contributed by atoms with Crippen molar-refractivity contribution in [3.05, 3.63) is 77.5 Å². The second-order valence-corrected chi connectivity index (χ2v) is 10.4. The van der Waals surface area contributed by atoms with Gasteiger partial charge in [0.15, 0.2) is 0 Å². The smallest absolute Gasteiger partial charge is 0.255 e. The summed E-state index contributed by atoms with van der Waals surface area (Å²) in [6.45, 7) is 4.51. The minimum Gasteiger partial charge on any atom is -0.391 e. The quantitative estimate of drug-likeness (QED) is 0.502. The van der Waals surface area contributed by atoms with Gasteiger partial charge in [0.05, 0.1) is 11.8 Å². The lowest BCUT2D eigenvalue weighted by Gasteiger charge is -2.35. The maximum Gasteiger partial charge on any atom is 0.255 e. The predicted molar refractivity (Wildman–Crippen MR) is 142 cm³/mol. The van der Waals surface area contributed by atoms with E-state index in [2.05, 4.69) is 10.4 Å². The normalized spacial score (nSPS) is 19.7. The molecule has 1 aromatic heterocycles. The molecule has 2 aromatic carbocycles. The third kappa shape index (κ3) is 4.81. The molecule has 1 fully saturated rings. The highest BCUT2D eigenvalue weighted by molar-refractivity contribution is 6.01. The van der Waals surface area contributed by atoms with Gasteiger partial charge >= 0.3 is 0 Å². The molecule has 1 saturated heterocycles. The van der Waals surface area contributed by atoms with Gasteiger partial charge in [-0.2, -0.15) is 5.10 Å². The van der Waals surface area contributed by atoms with Crippen LogP contribution in [0.5, 0.6) is 0 Å². The van der Waals surface area contributed by atoms with Crippen molar-refractivity contribution in [2.24, 2.45) is 13.0 Å².